The fourth-order valence-corrected chi connectivity index (χ4v) is 4.06. The van der Waals surface area contributed by atoms with Crippen molar-refractivity contribution in [2.45, 2.75) is 31.5 Å². The van der Waals surface area contributed by atoms with Crippen molar-refractivity contribution in [1.29, 1.82) is 0 Å². The summed E-state index contributed by atoms with van der Waals surface area (Å²) < 4.78 is 4.85. The topological polar surface area (TPSA) is 93.5 Å². The average molecular weight is 422 g/mol. The van der Waals surface area contributed by atoms with Crippen molar-refractivity contribution in [3.05, 3.63) is 63.1 Å². The molecule has 148 valence electrons. The second-order valence-electron chi connectivity index (χ2n) is 6.57. The number of amides is 1. The van der Waals surface area contributed by atoms with Gasteiger partial charge in [0.05, 0.1) is 19.6 Å². The molecular weight excluding hydrogens is 401 g/mol. The highest BCUT2D eigenvalue weighted by molar-refractivity contribution is 6.35. The first kappa shape index (κ1) is 20.5. The first-order valence-electron chi connectivity index (χ1n) is 8.82. The molecule has 3 rings (SSSR count). The third-order valence-corrected chi connectivity index (χ3v) is 5.29. The highest BCUT2D eigenvalue weighted by Gasteiger charge is 2.34. The van der Waals surface area contributed by atoms with Gasteiger partial charge >= 0.3 is 5.97 Å². The molecule has 0 aromatic heterocycles. The van der Waals surface area contributed by atoms with Crippen LogP contribution in [0.15, 0.2) is 36.4 Å². The van der Waals surface area contributed by atoms with E-state index in [9.17, 15) is 9.59 Å². The number of hydrogen-bond acceptors (Lipinski definition) is 5. The third-order valence-electron chi connectivity index (χ3n) is 4.75. The summed E-state index contributed by atoms with van der Waals surface area (Å²) in [7, 11) is 1.32. The maximum atomic E-state index is 12.7. The number of nitrogens with two attached hydrogens (primary N) is 1. The lowest BCUT2D eigenvalue weighted by Gasteiger charge is -2.33. The van der Waals surface area contributed by atoms with Gasteiger partial charge in [-0.1, -0.05) is 47.5 Å². The lowest BCUT2D eigenvalue weighted by Crippen LogP contribution is -2.42. The SMILES string of the molecule is COC(=O)[C@H]1C[C@H](NC(=O)Cc2ccccc2CN)c2c(Cl)cc(Cl)cc2N1. The molecule has 0 radical (unpaired) electrons. The lowest BCUT2D eigenvalue weighted by atomic mass is 9.92. The van der Waals surface area contributed by atoms with Crippen LogP contribution in [-0.4, -0.2) is 25.0 Å². The van der Waals surface area contributed by atoms with Crippen LogP contribution in [0.3, 0.4) is 0 Å². The second kappa shape index (κ2) is 8.82. The molecule has 2 atom stereocenters. The number of hydrogen-bond donors (Lipinski definition) is 3. The molecule has 4 N–H and O–H groups in total. The minimum Gasteiger partial charge on any atom is -0.467 e. The zero-order valence-corrected chi connectivity index (χ0v) is 16.8. The first-order valence-corrected chi connectivity index (χ1v) is 9.58. The fraction of sp³-hybridized carbons (Fsp3) is 0.300. The number of esters is 1. The van der Waals surface area contributed by atoms with E-state index < -0.39 is 18.1 Å². The minimum absolute atomic E-state index is 0.181. The summed E-state index contributed by atoms with van der Waals surface area (Å²) >= 11 is 12.5. The Morgan fingerprint density at radius 1 is 1.25 bits per heavy atom. The van der Waals surface area contributed by atoms with Gasteiger partial charge in [-0.25, -0.2) is 4.79 Å². The van der Waals surface area contributed by atoms with E-state index in [2.05, 4.69) is 10.6 Å². The van der Waals surface area contributed by atoms with Gasteiger partial charge in [0, 0.05) is 34.3 Å². The summed E-state index contributed by atoms with van der Waals surface area (Å²) in [6.07, 6.45) is 0.492. The monoisotopic (exact) mass is 421 g/mol. The summed E-state index contributed by atoms with van der Waals surface area (Å²) in [5, 5.41) is 6.93. The Hall–Kier alpha value is -2.28. The van der Waals surface area contributed by atoms with Crippen LogP contribution in [0, 0.1) is 0 Å². The molecule has 2 aromatic carbocycles. The van der Waals surface area contributed by atoms with Gasteiger partial charge in [0.25, 0.3) is 0 Å². The van der Waals surface area contributed by atoms with Crippen LogP contribution in [-0.2, 0) is 27.3 Å². The van der Waals surface area contributed by atoms with Crippen LogP contribution in [0.25, 0.3) is 0 Å². The van der Waals surface area contributed by atoms with E-state index in [0.717, 1.165) is 11.1 Å². The third kappa shape index (κ3) is 4.41. The average Bonchev–Trinajstić information content (AvgIpc) is 2.66. The number of carbonyl (C=O) groups excluding carboxylic acids is 2. The van der Waals surface area contributed by atoms with Gasteiger partial charge in [0.2, 0.25) is 5.91 Å². The largest absolute Gasteiger partial charge is 0.467 e. The summed E-state index contributed by atoms with van der Waals surface area (Å²) in [5.41, 5.74) is 8.84. The molecule has 1 amide bonds. The normalized spacial score (nSPS) is 18.0. The quantitative estimate of drug-likeness (QED) is 0.644. The Morgan fingerprint density at radius 3 is 2.64 bits per heavy atom. The van der Waals surface area contributed by atoms with Crippen LogP contribution < -0.4 is 16.4 Å². The van der Waals surface area contributed by atoms with Crippen molar-refractivity contribution in [1.82, 2.24) is 5.32 Å². The summed E-state index contributed by atoms with van der Waals surface area (Å²) in [6, 6.07) is 9.75. The molecular formula is C20H21Cl2N3O3. The number of fused-ring (bicyclic) bond motifs is 1. The molecule has 1 aliphatic rings. The zero-order chi connectivity index (χ0) is 20.3. The van der Waals surface area contributed by atoms with Crippen LogP contribution in [0.1, 0.15) is 29.2 Å². The number of rotatable bonds is 5. The Bertz CT molecular complexity index is 904. The number of halogens is 2. The number of carbonyl (C=O) groups is 2. The van der Waals surface area contributed by atoms with Gasteiger partial charge in [-0.3, -0.25) is 4.79 Å². The van der Waals surface area contributed by atoms with Crippen molar-refractivity contribution in [2.75, 3.05) is 12.4 Å². The Morgan fingerprint density at radius 2 is 1.96 bits per heavy atom. The smallest absolute Gasteiger partial charge is 0.328 e. The van der Waals surface area contributed by atoms with Crippen molar-refractivity contribution in [3.8, 4) is 0 Å². The van der Waals surface area contributed by atoms with E-state index in [1.807, 2.05) is 24.3 Å². The lowest BCUT2D eigenvalue weighted by molar-refractivity contribution is -0.142. The predicted octanol–water partition coefficient (Wildman–Crippen LogP) is 3.21. The Labute approximate surface area is 173 Å². The second-order valence-corrected chi connectivity index (χ2v) is 7.42. The Balaban J connectivity index is 1.85. The number of benzene rings is 2. The molecule has 2 aromatic rings. The van der Waals surface area contributed by atoms with Crippen LogP contribution in [0.4, 0.5) is 5.69 Å². The summed E-state index contributed by atoms with van der Waals surface area (Å²) in [4.78, 5) is 24.8. The van der Waals surface area contributed by atoms with Crippen molar-refractivity contribution in [3.63, 3.8) is 0 Å². The molecule has 28 heavy (non-hydrogen) atoms. The van der Waals surface area contributed by atoms with Gasteiger partial charge in [-0.2, -0.15) is 0 Å². The van der Waals surface area contributed by atoms with E-state index >= 15 is 0 Å². The molecule has 0 spiro atoms. The van der Waals surface area contributed by atoms with Crippen LogP contribution in [0.5, 0.6) is 0 Å². The molecule has 0 saturated heterocycles. The van der Waals surface area contributed by atoms with Crippen LogP contribution in [0.2, 0.25) is 10.0 Å². The Kier molecular flexibility index (Phi) is 6.44. The summed E-state index contributed by atoms with van der Waals surface area (Å²) in [5.74, 6) is -0.608. The molecule has 0 fully saturated rings. The highest BCUT2D eigenvalue weighted by atomic mass is 35.5. The van der Waals surface area contributed by atoms with E-state index in [1.165, 1.54) is 7.11 Å². The minimum atomic E-state index is -0.617. The van der Waals surface area contributed by atoms with Crippen molar-refractivity contribution < 1.29 is 14.3 Å². The zero-order valence-electron chi connectivity index (χ0n) is 15.3. The molecule has 1 aliphatic heterocycles. The highest BCUT2D eigenvalue weighted by Crippen LogP contribution is 2.40. The molecule has 6 nitrogen and oxygen atoms in total. The molecule has 0 saturated carbocycles. The standard InChI is InChI=1S/C20H21Cl2N3O3/c1-28-20(27)17-9-16(19-14(22)7-13(21)8-15(19)24-17)25-18(26)6-11-4-2-3-5-12(11)10-23/h2-5,7-8,16-17,24H,6,9-10,23H2,1H3,(H,25,26)/t16-,17+/m0/s1. The fourth-order valence-electron chi connectivity index (χ4n) is 3.43. The van der Waals surface area contributed by atoms with E-state index in [0.29, 0.717) is 34.3 Å². The van der Waals surface area contributed by atoms with Crippen LogP contribution >= 0.6 is 23.2 Å². The van der Waals surface area contributed by atoms with Crippen molar-refractivity contribution >= 4 is 40.8 Å². The van der Waals surface area contributed by atoms with E-state index in [-0.39, 0.29) is 12.3 Å². The molecule has 0 unspecified atom stereocenters. The van der Waals surface area contributed by atoms with E-state index in [1.54, 1.807) is 12.1 Å². The van der Waals surface area contributed by atoms with E-state index in [4.69, 9.17) is 33.7 Å². The number of nitrogens with one attached hydrogen (secondary N) is 2. The van der Waals surface area contributed by atoms with Crippen molar-refractivity contribution in [2.24, 2.45) is 5.73 Å². The van der Waals surface area contributed by atoms with Gasteiger partial charge in [0.15, 0.2) is 0 Å². The first-order chi connectivity index (χ1) is 13.4. The number of ether oxygens (including phenoxy) is 1. The molecule has 8 heteroatoms. The van der Waals surface area contributed by atoms with Gasteiger partial charge in [0.1, 0.15) is 6.04 Å². The van der Waals surface area contributed by atoms with Gasteiger partial charge < -0.3 is 21.1 Å². The maximum Gasteiger partial charge on any atom is 0.328 e. The number of methoxy groups -OCH3 is 1. The molecule has 0 aliphatic carbocycles. The predicted molar refractivity (Wildman–Crippen MR) is 109 cm³/mol. The number of anilines is 1. The summed E-state index contributed by atoms with van der Waals surface area (Å²) in [6.45, 7) is 0.356. The molecule has 1 heterocycles. The van der Waals surface area contributed by atoms with Gasteiger partial charge in [-0.05, 0) is 23.3 Å². The maximum absolute atomic E-state index is 12.7. The molecule has 0 bridgehead atoms. The van der Waals surface area contributed by atoms with Gasteiger partial charge in [-0.15, -0.1) is 0 Å².